The molecule has 3 rings (SSSR count). The van der Waals surface area contributed by atoms with Crippen molar-refractivity contribution < 1.29 is 14.3 Å². The lowest BCUT2D eigenvalue weighted by molar-refractivity contribution is 0.107. The summed E-state index contributed by atoms with van der Waals surface area (Å²) in [5.74, 6) is 0. The minimum Gasteiger partial charge on any atom is -0.453 e. The predicted molar refractivity (Wildman–Crippen MR) is 90.9 cm³/mol. The second kappa shape index (κ2) is 8.05. The molecule has 0 aliphatic carbocycles. The molecular weight excluding hydrogens is 308 g/mol. The van der Waals surface area contributed by atoms with Gasteiger partial charge in [0.15, 0.2) is 0 Å². The van der Waals surface area contributed by atoms with Crippen molar-refractivity contribution in [3.8, 4) is 0 Å². The van der Waals surface area contributed by atoms with Gasteiger partial charge in [-0.3, -0.25) is 0 Å². The highest BCUT2D eigenvalue weighted by atomic mass is 16.5. The fraction of sp³-hybridized carbons (Fsp3) is 0.882. The number of urea groups is 1. The molecule has 0 aromatic carbocycles. The van der Waals surface area contributed by atoms with Crippen molar-refractivity contribution in [3.63, 3.8) is 0 Å². The van der Waals surface area contributed by atoms with Gasteiger partial charge in [-0.05, 0) is 51.6 Å². The Morgan fingerprint density at radius 2 is 1.46 bits per heavy atom. The summed E-state index contributed by atoms with van der Waals surface area (Å²) < 4.78 is 4.74. The van der Waals surface area contributed by atoms with Gasteiger partial charge in [0, 0.05) is 38.3 Å². The first kappa shape index (κ1) is 17.3. The summed E-state index contributed by atoms with van der Waals surface area (Å²) in [5, 5.41) is 3.15. The van der Waals surface area contributed by atoms with Gasteiger partial charge in [0.05, 0.1) is 7.11 Å². The highest BCUT2D eigenvalue weighted by Crippen LogP contribution is 2.21. The number of methoxy groups -OCH3 is 1. The number of amides is 3. The number of rotatable bonds is 2. The average Bonchev–Trinajstić information content (AvgIpc) is 3.16. The molecule has 0 bridgehead atoms. The number of piperidine rings is 2. The highest BCUT2D eigenvalue weighted by Gasteiger charge is 2.30. The fourth-order valence-electron chi connectivity index (χ4n) is 4.14. The van der Waals surface area contributed by atoms with Crippen LogP contribution in [0, 0.1) is 0 Å². The predicted octanol–water partition coefficient (Wildman–Crippen LogP) is 1.49. The van der Waals surface area contributed by atoms with Gasteiger partial charge in [-0.1, -0.05) is 0 Å². The number of ether oxygens (including phenoxy) is 1. The van der Waals surface area contributed by atoms with E-state index in [2.05, 4.69) is 10.2 Å². The van der Waals surface area contributed by atoms with Crippen LogP contribution in [0.2, 0.25) is 0 Å². The largest absolute Gasteiger partial charge is 0.453 e. The highest BCUT2D eigenvalue weighted by molar-refractivity contribution is 5.74. The third-order valence-electron chi connectivity index (χ3n) is 5.66. The SMILES string of the molecule is COC(=O)N1CCC(NC(=O)N2CCC(N3CCCC3)CC2)CC1. The molecule has 136 valence electrons. The minimum absolute atomic E-state index is 0.0615. The van der Waals surface area contributed by atoms with Crippen molar-refractivity contribution in [1.29, 1.82) is 0 Å². The molecule has 0 unspecified atom stereocenters. The molecule has 7 nitrogen and oxygen atoms in total. The standard InChI is InChI=1S/C17H30N4O3/c1-24-17(23)21-10-4-14(5-11-21)18-16(22)20-12-6-15(7-13-20)19-8-2-3-9-19/h14-15H,2-13H2,1H3,(H,18,22). The maximum Gasteiger partial charge on any atom is 0.409 e. The van der Waals surface area contributed by atoms with Crippen LogP contribution in [0.1, 0.15) is 38.5 Å². The van der Waals surface area contributed by atoms with Crippen LogP contribution in [0.4, 0.5) is 9.59 Å². The molecule has 0 saturated carbocycles. The van der Waals surface area contributed by atoms with E-state index in [9.17, 15) is 9.59 Å². The Kier molecular flexibility index (Phi) is 5.81. The number of carbonyl (C=O) groups excluding carboxylic acids is 2. The summed E-state index contributed by atoms with van der Waals surface area (Å²) in [6.07, 6.45) is 6.15. The average molecular weight is 338 g/mol. The molecule has 3 aliphatic rings. The van der Waals surface area contributed by atoms with Crippen molar-refractivity contribution in [3.05, 3.63) is 0 Å². The number of hydrogen-bond acceptors (Lipinski definition) is 4. The lowest BCUT2D eigenvalue weighted by Crippen LogP contribution is -2.53. The zero-order valence-corrected chi connectivity index (χ0v) is 14.7. The van der Waals surface area contributed by atoms with Crippen molar-refractivity contribution >= 4 is 12.1 Å². The number of likely N-dealkylation sites (tertiary alicyclic amines) is 3. The van der Waals surface area contributed by atoms with Crippen LogP contribution in [0.25, 0.3) is 0 Å². The zero-order chi connectivity index (χ0) is 16.9. The molecule has 1 N–H and O–H groups in total. The van der Waals surface area contributed by atoms with E-state index in [4.69, 9.17) is 4.74 Å². The van der Waals surface area contributed by atoms with E-state index in [-0.39, 0.29) is 18.2 Å². The molecule has 0 aromatic rings. The van der Waals surface area contributed by atoms with Gasteiger partial charge >= 0.3 is 12.1 Å². The molecule has 3 amide bonds. The topological polar surface area (TPSA) is 65.1 Å². The quantitative estimate of drug-likeness (QED) is 0.828. The van der Waals surface area contributed by atoms with Gasteiger partial charge in [-0.25, -0.2) is 9.59 Å². The van der Waals surface area contributed by atoms with E-state index in [1.54, 1.807) is 4.90 Å². The molecule has 3 heterocycles. The van der Waals surface area contributed by atoms with E-state index >= 15 is 0 Å². The maximum absolute atomic E-state index is 12.5. The molecule has 7 heteroatoms. The molecule has 3 saturated heterocycles. The van der Waals surface area contributed by atoms with Gasteiger partial charge in [0.1, 0.15) is 0 Å². The van der Waals surface area contributed by atoms with E-state index in [1.807, 2.05) is 4.90 Å². The lowest BCUT2D eigenvalue weighted by Gasteiger charge is -2.38. The first-order chi connectivity index (χ1) is 11.7. The Balaban J connectivity index is 1.38. The second-order valence-corrected chi connectivity index (χ2v) is 7.14. The summed E-state index contributed by atoms with van der Waals surface area (Å²) in [5.41, 5.74) is 0. The van der Waals surface area contributed by atoms with E-state index < -0.39 is 0 Å². The minimum atomic E-state index is -0.274. The van der Waals surface area contributed by atoms with Gasteiger partial charge in [0.25, 0.3) is 0 Å². The number of hydrogen-bond donors (Lipinski definition) is 1. The van der Waals surface area contributed by atoms with Crippen LogP contribution >= 0.6 is 0 Å². The Morgan fingerprint density at radius 1 is 0.875 bits per heavy atom. The smallest absolute Gasteiger partial charge is 0.409 e. The van der Waals surface area contributed by atoms with Crippen LogP contribution in [-0.4, -0.2) is 85.3 Å². The van der Waals surface area contributed by atoms with Gasteiger partial charge in [-0.2, -0.15) is 0 Å². The molecule has 3 fully saturated rings. The van der Waals surface area contributed by atoms with Crippen LogP contribution in [-0.2, 0) is 4.74 Å². The van der Waals surface area contributed by atoms with Crippen molar-refractivity contribution in [2.24, 2.45) is 0 Å². The van der Waals surface area contributed by atoms with E-state index in [0.29, 0.717) is 19.1 Å². The van der Waals surface area contributed by atoms with Crippen molar-refractivity contribution in [1.82, 2.24) is 20.0 Å². The molecule has 24 heavy (non-hydrogen) atoms. The third kappa shape index (κ3) is 4.12. The normalized spacial score (nSPS) is 24.2. The number of carbonyl (C=O) groups is 2. The Labute approximate surface area is 144 Å². The second-order valence-electron chi connectivity index (χ2n) is 7.14. The Bertz CT molecular complexity index is 437. The summed E-state index contributed by atoms with van der Waals surface area (Å²) in [4.78, 5) is 30.2. The fourth-order valence-corrected chi connectivity index (χ4v) is 4.14. The van der Waals surface area contributed by atoms with Gasteiger partial charge in [-0.15, -0.1) is 0 Å². The maximum atomic E-state index is 12.5. The van der Waals surface area contributed by atoms with Gasteiger partial charge < -0.3 is 24.8 Å². The van der Waals surface area contributed by atoms with Gasteiger partial charge in [0.2, 0.25) is 0 Å². The summed E-state index contributed by atoms with van der Waals surface area (Å²) in [6.45, 7) is 5.47. The first-order valence-electron chi connectivity index (χ1n) is 9.30. The van der Waals surface area contributed by atoms with E-state index in [0.717, 1.165) is 38.8 Å². The number of nitrogens with one attached hydrogen (secondary N) is 1. The summed E-state index contributed by atoms with van der Waals surface area (Å²) in [6, 6.07) is 0.890. The molecule has 0 spiro atoms. The van der Waals surface area contributed by atoms with Crippen LogP contribution in [0.3, 0.4) is 0 Å². The Morgan fingerprint density at radius 3 is 2.04 bits per heavy atom. The number of nitrogens with zero attached hydrogens (tertiary/aromatic N) is 3. The summed E-state index contributed by atoms with van der Waals surface area (Å²) in [7, 11) is 1.40. The first-order valence-corrected chi connectivity index (χ1v) is 9.30. The molecule has 3 aliphatic heterocycles. The zero-order valence-electron chi connectivity index (χ0n) is 14.7. The van der Waals surface area contributed by atoms with Crippen molar-refractivity contribution in [2.45, 2.75) is 50.6 Å². The van der Waals surface area contributed by atoms with Crippen LogP contribution in [0.15, 0.2) is 0 Å². The monoisotopic (exact) mass is 338 g/mol. The van der Waals surface area contributed by atoms with E-state index in [1.165, 1.54) is 33.0 Å². The molecular formula is C17H30N4O3. The van der Waals surface area contributed by atoms with Crippen LogP contribution in [0.5, 0.6) is 0 Å². The molecule has 0 atom stereocenters. The van der Waals surface area contributed by atoms with Crippen LogP contribution < -0.4 is 5.32 Å². The molecule has 0 aromatic heterocycles. The summed E-state index contributed by atoms with van der Waals surface area (Å²) >= 11 is 0. The lowest BCUT2D eigenvalue weighted by atomic mass is 10.0. The Hall–Kier alpha value is -1.50. The molecule has 0 radical (unpaired) electrons. The van der Waals surface area contributed by atoms with Crippen molar-refractivity contribution in [2.75, 3.05) is 46.4 Å². The third-order valence-corrected chi connectivity index (χ3v) is 5.66.